The van der Waals surface area contributed by atoms with Crippen molar-refractivity contribution >= 4 is 11.8 Å². The van der Waals surface area contributed by atoms with E-state index >= 15 is 0 Å². The summed E-state index contributed by atoms with van der Waals surface area (Å²) in [5, 5.41) is 0.936. The molecule has 2 N–H and O–H groups in total. The molecule has 0 radical (unpaired) electrons. The first-order chi connectivity index (χ1) is 9.72. The number of benzene rings is 1. The van der Waals surface area contributed by atoms with Gasteiger partial charge >= 0.3 is 0 Å². The van der Waals surface area contributed by atoms with E-state index < -0.39 is 0 Å². The summed E-state index contributed by atoms with van der Waals surface area (Å²) in [5.74, 6) is 1.61. The summed E-state index contributed by atoms with van der Waals surface area (Å²) >= 11 is 1.59. The average Bonchev–Trinajstić information content (AvgIpc) is 2.48. The normalized spacial score (nSPS) is 14.9. The minimum atomic E-state index is 0.0100. The predicted octanol–water partition coefficient (Wildman–Crippen LogP) is 3.02. The van der Waals surface area contributed by atoms with Gasteiger partial charge in [0.05, 0.1) is 0 Å². The zero-order valence-corrected chi connectivity index (χ0v) is 12.0. The molecule has 0 spiro atoms. The predicted molar refractivity (Wildman–Crippen MR) is 78.4 cm³/mol. The van der Waals surface area contributed by atoms with Crippen molar-refractivity contribution < 1.29 is 9.47 Å². The highest BCUT2D eigenvalue weighted by Crippen LogP contribution is 2.36. The van der Waals surface area contributed by atoms with Crippen LogP contribution in [0.1, 0.15) is 18.5 Å². The fraction of sp³-hybridized carbons (Fsp3) is 0.267. The summed E-state index contributed by atoms with van der Waals surface area (Å²) < 4.78 is 11.1. The third kappa shape index (κ3) is 2.89. The van der Waals surface area contributed by atoms with Gasteiger partial charge in [0.25, 0.3) is 0 Å². The molecule has 2 aromatic rings. The van der Waals surface area contributed by atoms with Gasteiger partial charge in [0.2, 0.25) is 0 Å². The molecule has 1 aromatic heterocycles. The van der Waals surface area contributed by atoms with Crippen molar-refractivity contribution in [2.45, 2.75) is 22.9 Å². The fourth-order valence-electron chi connectivity index (χ4n) is 1.93. The molecule has 2 heterocycles. The standard InChI is InChI=1S/C15H16N2O2S/c1-10(16)11-2-5-15(17-9-11)20-12-3-4-13-14(8-12)19-7-6-18-13/h2-5,8-10H,6-7,16H2,1H3/t10-/m0/s1. The number of hydrogen-bond donors (Lipinski definition) is 1. The number of hydrogen-bond acceptors (Lipinski definition) is 5. The lowest BCUT2D eigenvalue weighted by molar-refractivity contribution is 0.171. The maximum absolute atomic E-state index is 5.82. The van der Waals surface area contributed by atoms with E-state index in [0.29, 0.717) is 13.2 Å². The molecule has 4 nitrogen and oxygen atoms in total. The molecular weight excluding hydrogens is 272 g/mol. The summed E-state index contributed by atoms with van der Waals surface area (Å²) in [4.78, 5) is 5.50. The molecule has 0 saturated heterocycles. The Morgan fingerprint density at radius 2 is 1.95 bits per heavy atom. The molecule has 1 atom stereocenters. The summed E-state index contributed by atoms with van der Waals surface area (Å²) in [6.07, 6.45) is 1.82. The number of pyridine rings is 1. The molecule has 1 aromatic carbocycles. The molecule has 1 aliphatic heterocycles. The van der Waals surface area contributed by atoms with Crippen molar-refractivity contribution in [3.8, 4) is 11.5 Å². The first kappa shape index (κ1) is 13.3. The zero-order valence-electron chi connectivity index (χ0n) is 11.2. The Morgan fingerprint density at radius 1 is 1.15 bits per heavy atom. The molecular formula is C15H16N2O2S. The van der Waals surface area contributed by atoms with E-state index in [1.165, 1.54) is 0 Å². The highest BCUT2D eigenvalue weighted by Gasteiger charge is 2.12. The number of fused-ring (bicyclic) bond motifs is 1. The highest BCUT2D eigenvalue weighted by atomic mass is 32.2. The Hall–Kier alpha value is -1.72. The quantitative estimate of drug-likeness (QED) is 0.940. The molecule has 0 aliphatic carbocycles. The van der Waals surface area contributed by atoms with Crippen molar-refractivity contribution in [2.24, 2.45) is 5.73 Å². The van der Waals surface area contributed by atoms with Crippen molar-refractivity contribution in [3.63, 3.8) is 0 Å². The second kappa shape index (κ2) is 5.73. The second-order valence-electron chi connectivity index (χ2n) is 4.63. The van der Waals surface area contributed by atoms with Crippen LogP contribution in [-0.2, 0) is 0 Å². The fourth-order valence-corrected chi connectivity index (χ4v) is 2.71. The second-order valence-corrected chi connectivity index (χ2v) is 5.72. The molecule has 1 aliphatic rings. The van der Waals surface area contributed by atoms with E-state index in [1.807, 2.05) is 43.5 Å². The Labute approximate surface area is 122 Å². The van der Waals surface area contributed by atoms with E-state index in [9.17, 15) is 0 Å². The largest absolute Gasteiger partial charge is 0.486 e. The van der Waals surface area contributed by atoms with Crippen molar-refractivity contribution in [2.75, 3.05) is 13.2 Å². The van der Waals surface area contributed by atoms with E-state index in [-0.39, 0.29) is 6.04 Å². The molecule has 104 valence electrons. The van der Waals surface area contributed by atoms with E-state index in [4.69, 9.17) is 15.2 Å². The van der Waals surface area contributed by atoms with Gasteiger partial charge in [-0.3, -0.25) is 0 Å². The average molecular weight is 288 g/mol. The van der Waals surface area contributed by atoms with Gasteiger partial charge in [-0.15, -0.1) is 0 Å². The Bertz CT molecular complexity index is 599. The Kier molecular flexibility index (Phi) is 3.80. The number of aromatic nitrogens is 1. The molecule has 3 rings (SSSR count). The molecule has 0 saturated carbocycles. The van der Waals surface area contributed by atoms with Crippen LogP contribution in [0.2, 0.25) is 0 Å². The van der Waals surface area contributed by atoms with Crippen LogP contribution in [0.25, 0.3) is 0 Å². The summed E-state index contributed by atoms with van der Waals surface area (Å²) in [5.41, 5.74) is 6.85. The van der Waals surface area contributed by atoms with Crippen LogP contribution in [0.4, 0.5) is 0 Å². The number of nitrogens with two attached hydrogens (primary N) is 1. The first-order valence-corrected chi connectivity index (χ1v) is 7.33. The van der Waals surface area contributed by atoms with Gasteiger partial charge in [0, 0.05) is 17.1 Å². The SMILES string of the molecule is C[C@H](N)c1ccc(Sc2ccc3c(c2)OCCO3)nc1. The van der Waals surface area contributed by atoms with Gasteiger partial charge in [-0.2, -0.15) is 0 Å². The minimum Gasteiger partial charge on any atom is -0.486 e. The van der Waals surface area contributed by atoms with Crippen LogP contribution < -0.4 is 15.2 Å². The molecule has 0 fully saturated rings. The molecule has 0 amide bonds. The van der Waals surface area contributed by atoms with Gasteiger partial charge in [-0.1, -0.05) is 17.8 Å². The van der Waals surface area contributed by atoms with Crippen LogP contribution in [0.3, 0.4) is 0 Å². The monoisotopic (exact) mass is 288 g/mol. The van der Waals surface area contributed by atoms with Gasteiger partial charge in [-0.25, -0.2) is 4.98 Å². The maximum atomic E-state index is 5.82. The number of nitrogens with zero attached hydrogens (tertiary/aromatic N) is 1. The van der Waals surface area contributed by atoms with Crippen LogP contribution in [0.15, 0.2) is 46.5 Å². The molecule has 0 bridgehead atoms. The minimum absolute atomic E-state index is 0.0100. The van der Waals surface area contributed by atoms with Crippen molar-refractivity contribution in [1.29, 1.82) is 0 Å². The maximum Gasteiger partial charge on any atom is 0.162 e. The first-order valence-electron chi connectivity index (χ1n) is 6.51. The topological polar surface area (TPSA) is 57.4 Å². The van der Waals surface area contributed by atoms with Crippen LogP contribution in [0.5, 0.6) is 11.5 Å². The smallest absolute Gasteiger partial charge is 0.162 e. The third-order valence-electron chi connectivity index (χ3n) is 3.02. The Balaban J connectivity index is 1.77. The number of ether oxygens (including phenoxy) is 2. The number of rotatable bonds is 3. The summed E-state index contributed by atoms with van der Waals surface area (Å²) in [6, 6.07) is 9.95. The molecule has 0 unspecified atom stereocenters. The van der Waals surface area contributed by atoms with Crippen molar-refractivity contribution in [1.82, 2.24) is 4.98 Å². The van der Waals surface area contributed by atoms with E-state index in [0.717, 1.165) is 27.0 Å². The van der Waals surface area contributed by atoms with E-state index in [1.54, 1.807) is 11.8 Å². The van der Waals surface area contributed by atoms with E-state index in [2.05, 4.69) is 4.98 Å². The summed E-state index contributed by atoms with van der Waals surface area (Å²) in [7, 11) is 0. The summed E-state index contributed by atoms with van der Waals surface area (Å²) in [6.45, 7) is 3.16. The van der Waals surface area contributed by atoms with Gasteiger partial charge in [0.1, 0.15) is 18.2 Å². The molecule has 5 heteroatoms. The lowest BCUT2D eigenvalue weighted by atomic mass is 10.2. The lowest BCUT2D eigenvalue weighted by Crippen LogP contribution is -2.15. The van der Waals surface area contributed by atoms with Gasteiger partial charge in [0.15, 0.2) is 11.5 Å². The third-order valence-corrected chi connectivity index (χ3v) is 3.96. The zero-order chi connectivity index (χ0) is 13.9. The van der Waals surface area contributed by atoms with Gasteiger partial charge < -0.3 is 15.2 Å². The van der Waals surface area contributed by atoms with Crippen LogP contribution in [-0.4, -0.2) is 18.2 Å². The van der Waals surface area contributed by atoms with Crippen molar-refractivity contribution in [3.05, 3.63) is 42.1 Å². The van der Waals surface area contributed by atoms with Crippen LogP contribution in [0, 0.1) is 0 Å². The van der Waals surface area contributed by atoms with Gasteiger partial charge in [-0.05, 0) is 36.8 Å². The van der Waals surface area contributed by atoms with Crippen LogP contribution >= 0.6 is 11.8 Å². The lowest BCUT2D eigenvalue weighted by Gasteiger charge is -2.18. The molecule has 20 heavy (non-hydrogen) atoms. The Morgan fingerprint density at radius 3 is 2.65 bits per heavy atom. The highest BCUT2D eigenvalue weighted by molar-refractivity contribution is 7.99.